The number of nitrogens with zero attached hydrogens (tertiary/aromatic N) is 1. The smallest absolute Gasteiger partial charge is 0.264 e. The third-order valence-corrected chi connectivity index (χ3v) is 3.78. The maximum Gasteiger partial charge on any atom is 0.264 e. The second-order valence-corrected chi connectivity index (χ2v) is 5.63. The molecule has 0 bridgehead atoms. The lowest BCUT2D eigenvalue weighted by Crippen LogP contribution is -2.20. The van der Waals surface area contributed by atoms with Gasteiger partial charge in [0, 0.05) is 17.1 Å². The Hall–Kier alpha value is -0.690. The first-order valence-electron chi connectivity index (χ1n) is 4.81. The van der Waals surface area contributed by atoms with Gasteiger partial charge in [0.1, 0.15) is 5.82 Å². The van der Waals surface area contributed by atoms with Gasteiger partial charge >= 0.3 is 0 Å². The molecular formula is C12H8BrFINO. The van der Waals surface area contributed by atoms with Crippen molar-refractivity contribution in [2.75, 3.05) is 0 Å². The van der Waals surface area contributed by atoms with Crippen LogP contribution in [0.5, 0.6) is 0 Å². The lowest BCUT2D eigenvalue weighted by Gasteiger charge is -2.09. The maximum atomic E-state index is 13.8. The van der Waals surface area contributed by atoms with Crippen molar-refractivity contribution >= 4 is 38.5 Å². The summed E-state index contributed by atoms with van der Waals surface area (Å²) < 4.78 is 16.5. The van der Waals surface area contributed by atoms with Gasteiger partial charge in [0.25, 0.3) is 5.56 Å². The number of hydrogen-bond donors (Lipinski definition) is 0. The van der Waals surface area contributed by atoms with Gasteiger partial charge in [-0.15, -0.1) is 0 Å². The quantitative estimate of drug-likeness (QED) is 0.662. The lowest BCUT2D eigenvalue weighted by atomic mass is 10.1. The van der Waals surface area contributed by atoms with E-state index in [2.05, 4.69) is 15.9 Å². The van der Waals surface area contributed by atoms with Crippen molar-refractivity contribution in [3.05, 3.63) is 54.5 Å². The fraction of sp³-hybridized carbons (Fsp3) is 0.0833. The molecule has 1 aromatic heterocycles. The Balaban J connectivity index is 2.69. The van der Waals surface area contributed by atoms with E-state index in [0.29, 0.717) is 19.3 Å². The van der Waals surface area contributed by atoms with Gasteiger partial charge in [-0.05, 0) is 52.9 Å². The average molecular weight is 408 g/mol. The Bertz CT molecular complexity index is 639. The molecule has 2 rings (SSSR count). The first kappa shape index (κ1) is 12.8. The molecule has 2 aromatic rings. The Labute approximate surface area is 120 Å². The molecule has 0 spiro atoms. The van der Waals surface area contributed by atoms with Gasteiger partial charge in [-0.2, -0.15) is 0 Å². The second kappa shape index (κ2) is 4.89. The summed E-state index contributed by atoms with van der Waals surface area (Å²) in [6, 6.07) is 8.23. The molecule has 5 heteroatoms. The zero-order valence-corrected chi connectivity index (χ0v) is 12.6. The van der Waals surface area contributed by atoms with Gasteiger partial charge < -0.3 is 4.57 Å². The van der Waals surface area contributed by atoms with Crippen molar-refractivity contribution in [2.24, 2.45) is 7.05 Å². The topological polar surface area (TPSA) is 22.0 Å². The van der Waals surface area contributed by atoms with Crippen LogP contribution < -0.4 is 5.56 Å². The number of rotatable bonds is 1. The van der Waals surface area contributed by atoms with Crippen LogP contribution in [0.2, 0.25) is 0 Å². The molecule has 0 saturated heterocycles. The standard InChI is InChI=1S/C12H8BrFINO/c1-16-11(5-4-10(15)12(16)17)8-3-2-7(13)6-9(8)14/h2-6H,1H3. The first-order valence-corrected chi connectivity index (χ1v) is 6.69. The third-order valence-electron chi connectivity index (χ3n) is 2.46. The van der Waals surface area contributed by atoms with E-state index in [-0.39, 0.29) is 11.4 Å². The van der Waals surface area contributed by atoms with E-state index in [1.54, 1.807) is 31.3 Å². The van der Waals surface area contributed by atoms with E-state index in [4.69, 9.17) is 0 Å². The number of hydrogen-bond acceptors (Lipinski definition) is 1. The zero-order valence-electron chi connectivity index (χ0n) is 8.88. The van der Waals surface area contributed by atoms with Crippen LogP contribution in [-0.2, 0) is 7.05 Å². The Morgan fingerprint density at radius 3 is 2.65 bits per heavy atom. The summed E-state index contributed by atoms with van der Waals surface area (Å²) in [6.45, 7) is 0. The summed E-state index contributed by atoms with van der Waals surface area (Å²) in [4.78, 5) is 11.8. The van der Waals surface area contributed by atoms with E-state index in [0.717, 1.165) is 0 Å². The van der Waals surface area contributed by atoms with Crippen LogP contribution in [0, 0.1) is 9.39 Å². The molecule has 1 heterocycles. The molecule has 0 amide bonds. The number of benzene rings is 1. The highest BCUT2D eigenvalue weighted by molar-refractivity contribution is 14.1. The molecule has 88 valence electrons. The van der Waals surface area contributed by atoms with Gasteiger partial charge in [-0.3, -0.25) is 4.79 Å². The molecule has 2 nitrogen and oxygen atoms in total. The molecule has 0 saturated carbocycles. The third kappa shape index (κ3) is 2.44. The van der Waals surface area contributed by atoms with Gasteiger partial charge in [0.2, 0.25) is 0 Å². The maximum absolute atomic E-state index is 13.8. The molecule has 17 heavy (non-hydrogen) atoms. The Morgan fingerprint density at radius 2 is 2.00 bits per heavy atom. The summed E-state index contributed by atoms with van der Waals surface area (Å²) in [7, 11) is 1.64. The molecule has 0 aliphatic carbocycles. The minimum absolute atomic E-state index is 0.120. The highest BCUT2D eigenvalue weighted by Crippen LogP contribution is 2.24. The first-order chi connectivity index (χ1) is 8.00. The van der Waals surface area contributed by atoms with Crippen molar-refractivity contribution in [2.45, 2.75) is 0 Å². The molecule has 0 atom stereocenters. The fourth-order valence-electron chi connectivity index (χ4n) is 1.57. The molecule has 0 N–H and O–H groups in total. The summed E-state index contributed by atoms with van der Waals surface area (Å²) in [5.74, 6) is -0.351. The van der Waals surface area contributed by atoms with Crippen molar-refractivity contribution < 1.29 is 4.39 Å². The number of halogens is 3. The monoisotopic (exact) mass is 407 g/mol. The van der Waals surface area contributed by atoms with Crippen LogP contribution in [0.3, 0.4) is 0 Å². The Morgan fingerprint density at radius 1 is 1.29 bits per heavy atom. The van der Waals surface area contributed by atoms with Crippen molar-refractivity contribution in [1.82, 2.24) is 4.57 Å². The molecule has 0 fully saturated rings. The summed E-state index contributed by atoms with van der Waals surface area (Å²) in [5.41, 5.74) is 0.870. The summed E-state index contributed by atoms with van der Waals surface area (Å²) in [5, 5.41) is 0. The minimum atomic E-state index is -0.351. The van der Waals surface area contributed by atoms with Crippen molar-refractivity contribution in [3.63, 3.8) is 0 Å². The molecular weight excluding hydrogens is 400 g/mol. The highest BCUT2D eigenvalue weighted by atomic mass is 127. The van der Waals surface area contributed by atoms with Crippen molar-refractivity contribution in [1.29, 1.82) is 0 Å². The average Bonchev–Trinajstić information content (AvgIpc) is 2.28. The Kier molecular flexibility index (Phi) is 3.67. The van der Waals surface area contributed by atoms with Gasteiger partial charge in [-0.1, -0.05) is 15.9 Å². The molecule has 0 aliphatic rings. The predicted molar refractivity (Wildman–Crippen MR) is 77.5 cm³/mol. The minimum Gasteiger partial charge on any atom is -0.310 e. The van der Waals surface area contributed by atoms with E-state index in [9.17, 15) is 9.18 Å². The highest BCUT2D eigenvalue weighted by Gasteiger charge is 2.10. The van der Waals surface area contributed by atoms with E-state index in [1.807, 2.05) is 22.6 Å². The molecule has 1 aromatic carbocycles. The van der Waals surface area contributed by atoms with Crippen molar-refractivity contribution in [3.8, 4) is 11.3 Å². The summed E-state index contributed by atoms with van der Waals surface area (Å²) in [6.07, 6.45) is 0. The SMILES string of the molecule is Cn1c(-c2ccc(Br)cc2F)ccc(I)c1=O. The van der Waals surface area contributed by atoms with E-state index >= 15 is 0 Å². The molecule has 0 aliphatic heterocycles. The van der Waals surface area contributed by atoms with Crippen LogP contribution in [-0.4, -0.2) is 4.57 Å². The van der Waals surface area contributed by atoms with Crippen LogP contribution >= 0.6 is 38.5 Å². The van der Waals surface area contributed by atoms with Gasteiger partial charge in [0.05, 0.1) is 9.26 Å². The summed E-state index contributed by atoms with van der Waals surface area (Å²) >= 11 is 5.17. The molecule has 0 unspecified atom stereocenters. The predicted octanol–water partition coefficient (Wildman–Crippen LogP) is 3.56. The number of pyridine rings is 1. The molecule has 0 radical (unpaired) electrons. The van der Waals surface area contributed by atoms with Crippen LogP contribution in [0.25, 0.3) is 11.3 Å². The fourth-order valence-corrected chi connectivity index (χ4v) is 2.45. The largest absolute Gasteiger partial charge is 0.310 e. The van der Waals surface area contributed by atoms with Gasteiger partial charge in [-0.25, -0.2) is 4.39 Å². The zero-order chi connectivity index (χ0) is 12.6. The van der Waals surface area contributed by atoms with Crippen LogP contribution in [0.15, 0.2) is 39.6 Å². The van der Waals surface area contributed by atoms with E-state index < -0.39 is 0 Å². The normalized spacial score (nSPS) is 10.6. The van der Waals surface area contributed by atoms with E-state index in [1.165, 1.54) is 10.6 Å². The second-order valence-electron chi connectivity index (χ2n) is 3.55. The van der Waals surface area contributed by atoms with Gasteiger partial charge in [0.15, 0.2) is 0 Å². The number of aromatic nitrogens is 1. The van der Waals surface area contributed by atoms with Crippen LogP contribution in [0.1, 0.15) is 0 Å². The van der Waals surface area contributed by atoms with Crippen LogP contribution in [0.4, 0.5) is 4.39 Å². The lowest BCUT2D eigenvalue weighted by molar-refractivity contribution is 0.628.